The maximum atomic E-state index is 12.7. The Morgan fingerprint density at radius 1 is 1.12 bits per heavy atom. The fraction of sp³-hybridized carbons (Fsp3) is 0.529. The van der Waals surface area contributed by atoms with Crippen LogP contribution in [0.3, 0.4) is 0 Å². The number of hydrogen-bond donors (Lipinski definition) is 0. The van der Waals surface area contributed by atoms with Crippen molar-refractivity contribution in [2.24, 2.45) is 0 Å². The standard InChI is InChI=1S/C17H26N2O5S/c1-6-24-16(20)11-12-19(13(2)3)17(21)14-7-9-15(10-8-14)25(22,23)18(4)5/h7-10,13H,6,11-12H2,1-5H3. The van der Waals surface area contributed by atoms with E-state index in [1.54, 1.807) is 11.8 Å². The monoisotopic (exact) mass is 370 g/mol. The predicted octanol–water partition coefficient (Wildman–Crippen LogP) is 1.74. The van der Waals surface area contributed by atoms with Crippen LogP contribution in [0.4, 0.5) is 0 Å². The van der Waals surface area contributed by atoms with Crippen molar-refractivity contribution in [3.05, 3.63) is 29.8 Å². The summed E-state index contributed by atoms with van der Waals surface area (Å²) < 4.78 is 30.1. The molecule has 0 N–H and O–H groups in total. The zero-order chi connectivity index (χ0) is 19.2. The molecule has 0 aliphatic heterocycles. The van der Waals surface area contributed by atoms with Gasteiger partial charge in [-0.15, -0.1) is 0 Å². The summed E-state index contributed by atoms with van der Waals surface area (Å²) in [5.41, 5.74) is 0.371. The Bertz CT molecular complexity index is 696. The number of benzene rings is 1. The average Bonchev–Trinajstić information content (AvgIpc) is 2.54. The van der Waals surface area contributed by atoms with E-state index in [9.17, 15) is 18.0 Å². The van der Waals surface area contributed by atoms with E-state index in [-0.39, 0.29) is 35.8 Å². The van der Waals surface area contributed by atoms with Gasteiger partial charge in [-0.1, -0.05) is 0 Å². The van der Waals surface area contributed by atoms with Gasteiger partial charge in [0.25, 0.3) is 5.91 Å². The topological polar surface area (TPSA) is 84.0 Å². The summed E-state index contributed by atoms with van der Waals surface area (Å²) >= 11 is 0. The van der Waals surface area contributed by atoms with Gasteiger partial charge in [0.2, 0.25) is 10.0 Å². The molecule has 1 rings (SSSR count). The van der Waals surface area contributed by atoms with E-state index >= 15 is 0 Å². The molecule has 0 aromatic heterocycles. The summed E-state index contributed by atoms with van der Waals surface area (Å²) in [6, 6.07) is 5.68. The van der Waals surface area contributed by atoms with Crippen LogP contribution in [0.25, 0.3) is 0 Å². The number of ether oxygens (including phenoxy) is 1. The summed E-state index contributed by atoms with van der Waals surface area (Å²) in [5, 5.41) is 0. The zero-order valence-electron chi connectivity index (χ0n) is 15.4. The van der Waals surface area contributed by atoms with Gasteiger partial charge in [-0.2, -0.15) is 0 Å². The number of carbonyl (C=O) groups excluding carboxylic acids is 2. The highest BCUT2D eigenvalue weighted by Crippen LogP contribution is 2.16. The Kier molecular flexibility index (Phi) is 7.57. The Morgan fingerprint density at radius 3 is 2.12 bits per heavy atom. The van der Waals surface area contributed by atoms with Gasteiger partial charge in [0, 0.05) is 32.2 Å². The minimum atomic E-state index is -3.54. The van der Waals surface area contributed by atoms with E-state index < -0.39 is 10.0 Å². The SMILES string of the molecule is CCOC(=O)CCN(C(=O)c1ccc(S(=O)(=O)N(C)C)cc1)C(C)C. The van der Waals surface area contributed by atoms with Crippen LogP contribution in [0.1, 0.15) is 37.6 Å². The molecule has 0 radical (unpaired) electrons. The van der Waals surface area contributed by atoms with Gasteiger partial charge in [-0.3, -0.25) is 9.59 Å². The van der Waals surface area contributed by atoms with Crippen molar-refractivity contribution in [1.82, 2.24) is 9.21 Å². The van der Waals surface area contributed by atoms with E-state index in [0.717, 1.165) is 4.31 Å². The second-order valence-corrected chi connectivity index (χ2v) is 8.11. The van der Waals surface area contributed by atoms with Crippen molar-refractivity contribution >= 4 is 21.9 Å². The number of carbonyl (C=O) groups is 2. The van der Waals surface area contributed by atoms with Gasteiger partial charge in [-0.05, 0) is 45.0 Å². The third-order valence-electron chi connectivity index (χ3n) is 3.63. The van der Waals surface area contributed by atoms with E-state index in [1.807, 2.05) is 13.8 Å². The van der Waals surface area contributed by atoms with E-state index in [0.29, 0.717) is 12.2 Å². The van der Waals surface area contributed by atoms with Crippen LogP contribution in [0.2, 0.25) is 0 Å². The number of hydrogen-bond acceptors (Lipinski definition) is 5. The molecule has 0 heterocycles. The molecule has 1 aromatic carbocycles. The Morgan fingerprint density at radius 2 is 1.68 bits per heavy atom. The first-order valence-electron chi connectivity index (χ1n) is 8.10. The van der Waals surface area contributed by atoms with Crippen molar-refractivity contribution in [1.29, 1.82) is 0 Å². The summed E-state index contributed by atoms with van der Waals surface area (Å²) in [5.74, 6) is -0.610. The third kappa shape index (κ3) is 5.54. The number of rotatable bonds is 8. The zero-order valence-corrected chi connectivity index (χ0v) is 16.2. The maximum Gasteiger partial charge on any atom is 0.307 e. The first-order valence-corrected chi connectivity index (χ1v) is 9.54. The first-order chi connectivity index (χ1) is 11.6. The molecule has 0 spiro atoms. The van der Waals surface area contributed by atoms with Gasteiger partial charge in [0.05, 0.1) is 17.9 Å². The highest BCUT2D eigenvalue weighted by atomic mass is 32.2. The minimum Gasteiger partial charge on any atom is -0.466 e. The molecule has 0 unspecified atom stereocenters. The number of esters is 1. The quantitative estimate of drug-likeness (QED) is 0.651. The highest BCUT2D eigenvalue weighted by molar-refractivity contribution is 7.89. The van der Waals surface area contributed by atoms with Gasteiger partial charge >= 0.3 is 5.97 Å². The molecule has 0 bridgehead atoms. The van der Waals surface area contributed by atoms with Crippen LogP contribution in [-0.2, 0) is 19.6 Å². The molecule has 7 nitrogen and oxygen atoms in total. The summed E-state index contributed by atoms with van der Waals surface area (Å²) in [4.78, 5) is 25.9. The van der Waals surface area contributed by atoms with E-state index in [1.165, 1.54) is 38.4 Å². The molecule has 0 atom stereocenters. The second-order valence-electron chi connectivity index (χ2n) is 5.96. The normalized spacial score (nSPS) is 11.6. The number of sulfonamides is 1. The molecule has 8 heteroatoms. The predicted molar refractivity (Wildman–Crippen MR) is 94.7 cm³/mol. The third-order valence-corrected chi connectivity index (χ3v) is 5.46. The average molecular weight is 370 g/mol. The van der Waals surface area contributed by atoms with Crippen LogP contribution in [0.5, 0.6) is 0 Å². The molecule has 25 heavy (non-hydrogen) atoms. The fourth-order valence-electron chi connectivity index (χ4n) is 2.19. The summed E-state index contributed by atoms with van der Waals surface area (Å²) in [6.45, 7) is 5.98. The molecule has 0 aliphatic rings. The van der Waals surface area contributed by atoms with Crippen molar-refractivity contribution < 1.29 is 22.7 Å². The van der Waals surface area contributed by atoms with E-state index in [2.05, 4.69) is 0 Å². The maximum absolute atomic E-state index is 12.7. The van der Waals surface area contributed by atoms with Gasteiger partial charge in [0.15, 0.2) is 0 Å². The second kappa shape index (κ2) is 8.96. The smallest absolute Gasteiger partial charge is 0.307 e. The lowest BCUT2D eigenvalue weighted by Gasteiger charge is -2.26. The lowest BCUT2D eigenvalue weighted by Crippen LogP contribution is -2.38. The molecular formula is C17H26N2O5S. The molecule has 0 saturated carbocycles. The first kappa shape index (κ1) is 21.1. The molecule has 1 aromatic rings. The van der Waals surface area contributed by atoms with Gasteiger partial charge in [0.1, 0.15) is 0 Å². The van der Waals surface area contributed by atoms with Crippen molar-refractivity contribution in [3.8, 4) is 0 Å². The Balaban J connectivity index is 2.93. The van der Waals surface area contributed by atoms with Crippen molar-refractivity contribution in [2.75, 3.05) is 27.2 Å². The van der Waals surface area contributed by atoms with Crippen molar-refractivity contribution in [3.63, 3.8) is 0 Å². The number of amides is 1. The number of nitrogens with zero attached hydrogens (tertiary/aromatic N) is 2. The van der Waals surface area contributed by atoms with Crippen LogP contribution in [-0.4, -0.2) is 62.8 Å². The molecule has 0 fully saturated rings. The van der Waals surface area contributed by atoms with Crippen LogP contribution in [0.15, 0.2) is 29.2 Å². The van der Waals surface area contributed by atoms with Crippen LogP contribution in [0, 0.1) is 0 Å². The minimum absolute atomic E-state index is 0.105. The van der Waals surface area contributed by atoms with Gasteiger partial charge < -0.3 is 9.64 Å². The molecule has 140 valence electrons. The van der Waals surface area contributed by atoms with Gasteiger partial charge in [-0.25, -0.2) is 12.7 Å². The largest absolute Gasteiger partial charge is 0.466 e. The highest BCUT2D eigenvalue weighted by Gasteiger charge is 2.22. The Hall–Kier alpha value is -1.93. The molecule has 0 saturated heterocycles. The van der Waals surface area contributed by atoms with Crippen LogP contribution >= 0.6 is 0 Å². The lowest BCUT2D eigenvalue weighted by atomic mass is 10.1. The lowest BCUT2D eigenvalue weighted by molar-refractivity contribution is -0.143. The molecular weight excluding hydrogens is 344 g/mol. The van der Waals surface area contributed by atoms with Crippen LogP contribution < -0.4 is 0 Å². The summed E-state index contributed by atoms with van der Waals surface area (Å²) in [6.07, 6.45) is 0.116. The van der Waals surface area contributed by atoms with E-state index in [4.69, 9.17) is 4.74 Å². The van der Waals surface area contributed by atoms with Crippen molar-refractivity contribution in [2.45, 2.75) is 38.1 Å². The summed E-state index contributed by atoms with van der Waals surface area (Å²) in [7, 11) is -0.639. The molecule has 0 aliphatic carbocycles. The molecule has 1 amide bonds. The fourth-order valence-corrected chi connectivity index (χ4v) is 3.09. The Labute approximate surface area is 149 Å².